The number of hydrogen-bond donors (Lipinski definition) is 2. The zero-order valence-electron chi connectivity index (χ0n) is 8.73. The molecule has 0 saturated carbocycles. The summed E-state index contributed by atoms with van der Waals surface area (Å²) >= 11 is 0. The highest BCUT2D eigenvalue weighted by atomic mass is 32.2. The van der Waals surface area contributed by atoms with Crippen molar-refractivity contribution in [3.8, 4) is 0 Å². The quantitative estimate of drug-likeness (QED) is 0.797. The van der Waals surface area contributed by atoms with Crippen LogP contribution in [-0.2, 0) is 16.6 Å². The van der Waals surface area contributed by atoms with Gasteiger partial charge >= 0.3 is 0 Å². The summed E-state index contributed by atoms with van der Waals surface area (Å²) in [4.78, 5) is 0. The van der Waals surface area contributed by atoms with Crippen molar-refractivity contribution >= 4 is 15.7 Å². The number of hydrogen-bond acceptors (Lipinski definition) is 3. The van der Waals surface area contributed by atoms with Gasteiger partial charge in [0.2, 0.25) is 10.0 Å². The molecule has 0 radical (unpaired) electrons. The molecule has 0 aliphatic heterocycles. The molecule has 0 fully saturated rings. The molecule has 3 N–H and O–H groups in total. The normalized spacial score (nSPS) is 11.3. The van der Waals surface area contributed by atoms with Crippen molar-refractivity contribution in [1.82, 2.24) is 0 Å². The van der Waals surface area contributed by atoms with Crippen LogP contribution in [-0.4, -0.2) is 14.2 Å². The summed E-state index contributed by atoms with van der Waals surface area (Å²) in [5.41, 5.74) is 6.89. The lowest BCUT2D eigenvalue weighted by Gasteiger charge is -2.10. The minimum Gasteiger partial charge on any atom is -0.326 e. The Morgan fingerprint density at radius 1 is 1.33 bits per heavy atom. The van der Waals surface area contributed by atoms with E-state index in [0.717, 1.165) is 5.56 Å². The van der Waals surface area contributed by atoms with Crippen molar-refractivity contribution in [3.05, 3.63) is 29.8 Å². The average Bonchev–Trinajstić information content (AvgIpc) is 2.17. The smallest absolute Gasteiger partial charge is 0.232 e. The van der Waals surface area contributed by atoms with E-state index in [-0.39, 0.29) is 5.75 Å². The maximum atomic E-state index is 11.5. The van der Waals surface area contributed by atoms with Gasteiger partial charge in [0.05, 0.1) is 11.4 Å². The Bertz CT molecular complexity index is 415. The summed E-state index contributed by atoms with van der Waals surface area (Å²) in [6.45, 7) is 2.15. The summed E-state index contributed by atoms with van der Waals surface area (Å²) in [7, 11) is -3.22. The Balaban J connectivity index is 2.89. The summed E-state index contributed by atoms with van der Waals surface area (Å²) in [6.07, 6.45) is 0.597. The van der Waals surface area contributed by atoms with Gasteiger partial charge in [-0.25, -0.2) is 8.42 Å². The summed E-state index contributed by atoms with van der Waals surface area (Å²) in [5, 5.41) is 0. The molecule has 0 heterocycles. The van der Waals surface area contributed by atoms with E-state index in [9.17, 15) is 8.42 Å². The average molecular weight is 228 g/mol. The monoisotopic (exact) mass is 228 g/mol. The summed E-state index contributed by atoms with van der Waals surface area (Å²) in [5.74, 6) is 0.131. The van der Waals surface area contributed by atoms with E-state index < -0.39 is 10.0 Å². The van der Waals surface area contributed by atoms with Gasteiger partial charge in [0.1, 0.15) is 0 Å². The molecule has 15 heavy (non-hydrogen) atoms. The minimum atomic E-state index is -3.22. The molecule has 0 amide bonds. The van der Waals surface area contributed by atoms with Crippen LogP contribution in [0.3, 0.4) is 0 Å². The van der Waals surface area contributed by atoms with Crippen LogP contribution >= 0.6 is 0 Å². The van der Waals surface area contributed by atoms with Gasteiger partial charge < -0.3 is 5.73 Å². The van der Waals surface area contributed by atoms with Crippen LogP contribution in [0, 0.1) is 0 Å². The third-order valence-corrected chi connectivity index (χ3v) is 3.45. The zero-order chi connectivity index (χ0) is 11.3. The van der Waals surface area contributed by atoms with Crippen LogP contribution in [0.4, 0.5) is 5.69 Å². The molecule has 5 heteroatoms. The maximum absolute atomic E-state index is 11.5. The number of nitrogens with two attached hydrogens (primary N) is 1. The second kappa shape index (κ2) is 5.14. The fourth-order valence-corrected chi connectivity index (χ4v) is 2.46. The Kier molecular flexibility index (Phi) is 4.11. The molecule has 0 bridgehead atoms. The second-order valence-corrected chi connectivity index (χ2v) is 5.12. The standard InChI is InChI=1S/C10H16N2O2S/c1-2-7-15(13,14)12-10-6-4-3-5-9(10)8-11/h3-6,12H,2,7-8,11H2,1H3. The molecule has 84 valence electrons. The Morgan fingerprint density at radius 2 is 2.00 bits per heavy atom. The van der Waals surface area contributed by atoms with Gasteiger partial charge in [0.25, 0.3) is 0 Å². The van der Waals surface area contributed by atoms with Crippen LogP contribution in [0.5, 0.6) is 0 Å². The first-order valence-electron chi connectivity index (χ1n) is 4.87. The van der Waals surface area contributed by atoms with Crippen molar-refractivity contribution in [2.24, 2.45) is 5.73 Å². The molecule has 0 spiro atoms. The Morgan fingerprint density at radius 3 is 2.60 bits per heavy atom. The first-order valence-corrected chi connectivity index (χ1v) is 6.52. The predicted octanol–water partition coefficient (Wildman–Crippen LogP) is 1.30. The predicted molar refractivity (Wildman–Crippen MR) is 62.0 cm³/mol. The number of anilines is 1. The first kappa shape index (κ1) is 12.0. The molecule has 0 aromatic heterocycles. The van der Waals surface area contributed by atoms with Crippen molar-refractivity contribution in [2.45, 2.75) is 19.9 Å². The highest BCUT2D eigenvalue weighted by molar-refractivity contribution is 7.92. The third-order valence-electron chi connectivity index (χ3n) is 1.98. The lowest BCUT2D eigenvalue weighted by atomic mass is 10.2. The van der Waals surface area contributed by atoms with Crippen molar-refractivity contribution in [2.75, 3.05) is 10.5 Å². The number of rotatable bonds is 5. The van der Waals surface area contributed by atoms with E-state index in [1.807, 2.05) is 19.1 Å². The van der Waals surface area contributed by atoms with E-state index in [4.69, 9.17) is 5.73 Å². The number of para-hydroxylation sites is 1. The second-order valence-electron chi connectivity index (χ2n) is 3.28. The van der Waals surface area contributed by atoms with Gasteiger partial charge in [-0.15, -0.1) is 0 Å². The SMILES string of the molecule is CCCS(=O)(=O)Nc1ccccc1CN. The lowest BCUT2D eigenvalue weighted by Crippen LogP contribution is -2.17. The zero-order valence-corrected chi connectivity index (χ0v) is 9.55. The maximum Gasteiger partial charge on any atom is 0.232 e. The topological polar surface area (TPSA) is 72.2 Å². The molecule has 0 aliphatic carbocycles. The van der Waals surface area contributed by atoms with Gasteiger partial charge in [-0.1, -0.05) is 25.1 Å². The highest BCUT2D eigenvalue weighted by Gasteiger charge is 2.10. The van der Waals surface area contributed by atoms with Gasteiger partial charge in [-0.2, -0.15) is 0 Å². The van der Waals surface area contributed by atoms with Crippen LogP contribution in [0.1, 0.15) is 18.9 Å². The van der Waals surface area contributed by atoms with Crippen LogP contribution in [0.25, 0.3) is 0 Å². The van der Waals surface area contributed by atoms with E-state index >= 15 is 0 Å². The molecule has 1 rings (SSSR count). The van der Waals surface area contributed by atoms with E-state index in [0.29, 0.717) is 18.7 Å². The fourth-order valence-electron chi connectivity index (χ4n) is 1.29. The molecule has 0 atom stereocenters. The molecule has 0 saturated heterocycles. The van der Waals surface area contributed by atoms with Crippen molar-refractivity contribution in [3.63, 3.8) is 0 Å². The largest absolute Gasteiger partial charge is 0.326 e. The van der Waals surface area contributed by atoms with Gasteiger partial charge in [-0.05, 0) is 18.1 Å². The summed E-state index contributed by atoms with van der Waals surface area (Å²) < 4.78 is 25.6. The molecule has 0 unspecified atom stereocenters. The van der Waals surface area contributed by atoms with E-state index in [2.05, 4.69) is 4.72 Å². The van der Waals surface area contributed by atoms with Crippen molar-refractivity contribution in [1.29, 1.82) is 0 Å². The van der Waals surface area contributed by atoms with Gasteiger partial charge in [0.15, 0.2) is 0 Å². The Labute approximate surface area is 90.5 Å². The molecular formula is C10H16N2O2S. The third kappa shape index (κ3) is 3.53. The molecule has 1 aromatic rings. The van der Waals surface area contributed by atoms with Crippen LogP contribution in [0.2, 0.25) is 0 Å². The van der Waals surface area contributed by atoms with E-state index in [1.165, 1.54) is 0 Å². The molecule has 4 nitrogen and oxygen atoms in total. The fraction of sp³-hybridized carbons (Fsp3) is 0.400. The van der Waals surface area contributed by atoms with E-state index in [1.54, 1.807) is 12.1 Å². The van der Waals surface area contributed by atoms with Crippen LogP contribution in [0.15, 0.2) is 24.3 Å². The lowest BCUT2D eigenvalue weighted by molar-refractivity contribution is 0.600. The van der Waals surface area contributed by atoms with Crippen LogP contribution < -0.4 is 10.5 Å². The van der Waals surface area contributed by atoms with Gasteiger partial charge in [0, 0.05) is 6.54 Å². The molecular weight excluding hydrogens is 212 g/mol. The summed E-state index contributed by atoms with van der Waals surface area (Å²) in [6, 6.07) is 7.14. The number of benzene rings is 1. The highest BCUT2D eigenvalue weighted by Crippen LogP contribution is 2.15. The molecule has 0 aliphatic rings. The first-order chi connectivity index (χ1) is 7.09. The number of sulfonamides is 1. The molecule has 1 aromatic carbocycles. The van der Waals surface area contributed by atoms with Crippen molar-refractivity contribution < 1.29 is 8.42 Å². The minimum absolute atomic E-state index is 0.131. The number of nitrogens with one attached hydrogen (secondary N) is 1. The Hall–Kier alpha value is -1.07. The van der Waals surface area contributed by atoms with Gasteiger partial charge in [-0.3, -0.25) is 4.72 Å².